The number of aromatic hydroxyl groups is 1. The third-order valence-corrected chi connectivity index (χ3v) is 3.95. The van der Waals surface area contributed by atoms with Crippen molar-refractivity contribution in [3.05, 3.63) is 58.1 Å². The van der Waals surface area contributed by atoms with Crippen molar-refractivity contribution in [2.75, 3.05) is 5.32 Å². The number of esters is 1. The van der Waals surface area contributed by atoms with Gasteiger partial charge in [-0.15, -0.1) is 0 Å². The van der Waals surface area contributed by atoms with Gasteiger partial charge in [0.25, 0.3) is 5.91 Å². The lowest BCUT2D eigenvalue weighted by Gasteiger charge is -2.17. The Balaban J connectivity index is 2.09. The van der Waals surface area contributed by atoms with E-state index in [-0.39, 0.29) is 11.3 Å². The van der Waals surface area contributed by atoms with Gasteiger partial charge in [-0.25, -0.2) is 4.79 Å². The van der Waals surface area contributed by atoms with E-state index in [4.69, 9.17) is 4.74 Å². The fraction of sp³-hybridized carbons (Fsp3) is 0.300. The van der Waals surface area contributed by atoms with Crippen LogP contribution in [0.2, 0.25) is 0 Å². The number of aryl methyl sites for hydroxylation is 4. The molecule has 0 heterocycles. The van der Waals surface area contributed by atoms with Gasteiger partial charge >= 0.3 is 5.97 Å². The molecule has 0 aliphatic carbocycles. The maximum Gasteiger partial charge on any atom is 0.342 e. The van der Waals surface area contributed by atoms with Crippen molar-refractivity contribution < 1.29 is 19.4 Å². The number of hydrogen-bond acceptors (Lipinski definition) is 4. The molecule has 0 unspecified atom stereocenters. The zero-order valence-corrected chi connectivity index (χ0v) is 15.1. The standard InChI is InChI=1S/C20H23NO4/c1-11-6-7-16(17(22)10-11)20(24)25-15(5)19(23)21-18-13(3)8-12(2)9-14(18)4/h6-10,15,22H,1-5H3,(H,21,23)/t15-/m0/s1. The molecular formula is C20H23NO4. The molecule has 0 spiro atoms. The van der Waals surface area contributed by atoms with Gasteiger partial charge in [0.15, 0.2) is 6.10 Å². The van der Waals surface area contributed by atoms with E-state index >= 15 is 0 Å². The van der Waals surface area contributed by atoms with Crippen LogP contribution in [-0.4, -0.2) is 23.1 Å². The van der Waals surface area contributed by atoms with Crippen LogP contribution >= 0.6 is 0 Å². The van der Waals surface area contributed by atoms with Crippen molar-refractivity contribution in [3.63, 3.8) is 0 Å². The summed E-state index contributed by atoms with van der Waals surface area (Å²) in [5, 5.41) is 12.7. The zero-order chi connectivity index (χ0) is 18.7. The topological polar surface area (TPSA) is 75.6 Å². The molecule has 2 aromatic carbocycles. The summed E-state index contributed by atoms with van der Waals surface area (Å²) in [6, 6.07) is 8.60. The van der Waals surface area contributed by atoms with E-state index in [2.05, 4.69) is 5.32 Å². The number of carbonyl (C=O) groups excluding carboxylic acids is 2. The molecule has 5 nitrogen and oxygen atoms in total. The molecule has 0 bridgehead atoms. The van der Waals surface area contributed by atoms with Crippen LogP contribution in [-0.2, 0) is 9.53 Å². The lowest BCUT2D eigenvalue weighted by Crippen LogP contribution is -2.30. The number of phenols is 1. The Morgan fingerprint density at radius 1 is 1.00 bits per heavy atom. The number of phenolic OH excluding ortho intramolecular Hbond substituents is 1. The molecule has 0 saturated carbocycles. The summed E-state index contributed by atoms with van der Waals surface area (Å²) in [5.41, 5.74) is 4.58. The van der Waals surface area contributed by atoms with Crippen LogP contribution in [0.25, 0.3) is 0 Å². The molecule has 1 atom stereocenters. The van der Waals surface area contributed by atoms with Gasteiger partial charge in [-0.05, 0) is 63.4 Å². The molecule has 0 aliphatic heterocycles. The van der Waals surface area contributed by atoms with Crippen LogP contribution in [0.1, 0.15) is 39.5 Å². The third-order valence-electron chi connectivity index (χ3n) is 3.95. The molecule has 0 saturated heterocycles. The van der Waals surface area contributed by atoms with Gasteiger partial charge in [0, 0.05) is 5.69 Å². The van der Waals surface area contributed by atoms with Crippen LogP contribution in [0.5, 0.6) is 5.75 Å². The first-order valence-corrected chi connectivity index (χ1v) is 8.08. The van der Waals surface area contributed by atoms with Gasteiger partial charge in [-0.1, -0.05) is 23.8 Å². The predicted molar refractivity (Wildman–Crippen MR) is 97.0 cm³/mol. The maximum absolute atomic E-state index is 12.4. The largest absolute Gasteiger partial charge is 0.507 e. The number of carbonyl (C=O) groups is 2. The normalized spacial score (nSPS) is 11.7. The number of anilines is 1. The minimum absolute atomic E-state index is 0.0351. The molecule has 2 aromatic rings. The summed E-state index contributed by atoms with van der Waals surface area (Å²) in [6.45, 7) is 9.12. The third kappa shape index (κ3) is 4.38. The van der Waals surface area contributed by atoms with Crippen LogP contribution in [0.3, 0.4) is 0 Å². The molecule has 0 fully saturated rings. The van der Waals surface area contributed by atoms with E-state index in [0.717, 1.165) is 27.9 Å². The monoisotopic (exact) mass is 341 g/mol. The van der Waals surface area contributed by atoms with Gasteiger partial charge in [0.1, 0.15) is 11.3 Å². The number of nitrogens with one attached hydrogen (secondary N) is 1. The second kappa shape index (κ2) is 7.38. The summed E-state index contributed by atoms with van der Waals surface area (Å²) in [5.74, 6) is -1.32. The number of ether oxygens (including phenoxy) is 1. The quantitative estimate of drug-likeness (QED) is 0.829. The Labute approximate surface area is 147 Å². The summed E-state index contributed by atoms with van der Waals surface area (Å²) >= 11 is 0. The Hall–Kier alpha value is -2.82. The van der Waals surface area contributed by atoms with E-state index in [1.54, 1.807) is 13.0 Å². The van der Waals surface area contributed by atoms with E-state index < -0.39 is 18.0 Å². The van der Waals surface area contributed by atoms with Crippen molar-refractivity contribution in [3.8, 4) is 5.75 Å². The van der Waals surface area contributed by atoms with Crippen LogP contribution in [0.4, 0.5) is 5.69 Å². The molecule has 2 rings (SSSR count). The van der Waals surface area contributed by atoms with Crippen molar-refractivity contribution in [1.82, 2.24) is 0 Å². The highest BCUT2D eigenvalue weighted by Crippen LogP contribution is 2.23. The number of rotatable bonds is 4. The summed E-state index contributed by atoms with van der Waals surface area (Å²) in [4.78, 5) is 24.5. The van der Waals surface area contributed by atoms with Crippen molar-refractivity contribution in [1.29, 1.82) is 0 Å². The first kappa shape index (κ1) is 18.5. The Kier molecular flexibility index (Phi) is 5.47. The second-order valence-corrected chi connectivity index (χ2v) is 6.33. The van der Waals surface area contributed by atoms with E-state index in [0.29, 0.717) is 0 Å². The number of amides is 1. The molecular weight excluding hydrogens is 318 g/mol. The average Bonchev–Trinajstić information content (AvgIpc) is 2.50. The van der Waals surface area contributed by atoms with Crippen molar-refractivity contribution in [2.24, 2.45) is 0 Å². The van der Waals surface area contributed by atoms with E-state index in [1.165, 1.54) is 19.1 Å². The van der Waals surface area contributed by atoms with Crippen LogP contribution in [0, 0.1) is 27.7 Å². The highest BCUT2D eigenvalue weighted by Gasteiger charge is 2.22. The van der Waals surface area contributed by atoms with Gasteiger partial charge in [0.2, 0.25) is 0 Å². The molecule has 0 aliphatic rings. The molecule has 1 amide bonds. The lowest BCUT2D eigenvalue weighted by molar-refractivity contribution is -0.123. The summed E-state index contributed by atoms with van der Waals surface area (Å²) in [7, 11) is 0. The second-order valence-electron chi connectivity index (χ2n) is 6.33. The van der Waals surface area contributed by atoms with Gasteiger partial charge in [-0.2, -0.15) is 0 Å². The fourth-order valence-corrected chi connectivity index (χ4v) is 2.69. The molecule has 0 aromatic heterocycles. The highest BCUT2D eigenvalue weighted by molar-refractivity contribution is 5.99. The molecule has 0 radical (unpaired) electrons. The fourth-order valence-electron chi connectivity index (χ4n) is 2.69. The van der Waals surface area contributed by atoms with Gasteiger partial charge < -0.3 is 15.2 Å². The number of benzene rings is 2. The Morgan fingerprint density at radius 3 is 2.16 bits per heavy atom. The van der Waals surface area contributed by atoms with Crippen LogP contribution in [0.15, 0.2) is 30.3 Å². The van der Waals surface area contributed by atoms with Crippen LogP contribution < -0.4 is 5.32 Å². The highest BCUT2D eigenvalue weighted by atomic mass is 16.5. The maximum atomic E-state index is 12.4. The Bertz CT molecular complexity index is 803. The van der Waals surface area contributed by atoms with Gasteiger partial charge in [0.05, 0.1) is 0 Å². The lowest BCUT2D eigenvalue weighted by atomic mass is 10.0. The molecule has 2 N–H and O–H groups in total. The minimum Gasteiger partial charge on any atom is -0.507 e. The SMILES string of the molecule is Cc1cc(C)c(NC(=O)[C@H](C)OC(=O)c2ccc(C)cc2O)c(C)c1. The average molecular weight is 341 g/mol. The first-order chi connectivity index (χ1) is 11.7. The molecule has 5 heteroatoms. The first-order valence-electron chi connectivity index (χ1n) is 8.08. The summed E-state index contributed by atoms with van der Waals surface area (Å²) < 4.78 is 5.18. The van der Waals surface area contributed by atoms with E-state index in [1.807, 2.05) is 32.9 Å². The van der Waals surface area contributed by atoms with Crippen molar-refractivity contribution >= 4 is 17.6 Å². The summed E-state index contributed by atoms with van der Waals surface area (Å²) in [6.07, 6.45) is -0.992. The molecule has 25 heavy (non-hydrogen) atoms. The number of hydrogen-bond donors (Lipinski definition) is 2. The van der Waals surface area contributed by atoms with Crippen molar-refractivity contribution in [2.45, 2.75) is 40.7 Å². The predicted octanol–water partition coefficient (Wildman–Crippen LogP) is 3.81. The van der Waals surface area contributed by atoms with Gasteiger partial charge in [-0.3, -0.25) is 4.79 Å². The zero-order valence-electron chi connectivity index (χ0n) is 15.1. The minimum atomic E-state index is -0.992. The van der Waals surface area contributed by atoms with E-state index in [9.17, 15) is 14.7 Å². The molecule has 132 valence electrons. The smallest absolute Gasteiger partial charge is 0.342 e. The Morgan fingerprint density at radius 2 is 1.60 bits per heavy atom.